The van der Waals surface area contributed by atoms with E-state index in [0.717, 1.165) is 6.42 Å². The standard InChI is InChI=1S/C15H34NO.BrH/c1-5-6-7-8-9-10-11-12-13-14-15(17)16(2,3)4;/h15,17H,5-14H2,1-4H3;1H/q+1;/p-1. The molecule has 18 heavy (non-hydrogen) atoms. The summed E-state index contributed by atoms with van der Waals surface area (Å²) in [6.45, 7) is 2.26. The molecular formula is C15H34BrNO. The molecule has 0 aliphatic rings. The summed E-state index contributed by atoms with van der Waals surface area (Å²) in [7, 11) is 6.16. The van der Waals surface area contributed by atoms with Gasteiger partial charge >= 0.3 is 0 Å². The van der Waals surface area contributed by atoms with Crippen molar-refractivity contribution < 1.29 is 26.6 Å². The first kappa shape index (κ1) is 20.7. The molecule has 0 amide bonds. The maximum Gasteiger partial charge on any atom is 0.189 e. The van der Waals surface area contributed by atoms with Gasteiger partial charge in [-0.15, -0.1) is 0 Å². The largest absolute Gasteiger partial charge is 1.00 e. The van der Waals surface area contributed by atoms with Crippen LogP contribution in [0.15, 0.2) is 0 Å². The Hall–Kier alpha value is 0.400. The summed E-state index contributed by atoms with van der Waals surface area (Å²) in [5, 5.41) is 9.86. The average molecular weight is 324 g/mol. The average Bonchev–Trinajstić information content (AvgIpc) is 2.25. The number of hydrogen-bond acceptors (Lipinski definition) is 1. The van der Waals surface area contributed by atoms with Crippen molar-refractivity contribution in [3.63, 3.8) is 0 Å². The molecule has 1 atom stereocenters. The van der Waals surface area contributed by atoms with Crippen LogP contribution in [0, 0.1) is 0 Å². The van der Waals surface area contributed by atoms with Crippen molar-refractivity contribution in [1.29, 1.82) is 0 Å². The number of halogens is 1. The highest BCUT2D eigenvalue weighted by Gasteiger charge is 2.19. The minimum absolute atomic E-state index is 0. The van der Waals surface area contributed by atoms with Gasteiger partial charge in [-0.3, -0.25) is 0 Å². The van der Waals surface area contributed by atoms with E-state index < -0.39 is 0 Å². The molecule has 0 aliphatic heterocycles. The van der Waals surface area contributed by atoms with Crippen LogP contribution in [0.3, 0.4) is 0 Å². The van der Waals surface area contributed by atoms with Crippen LogP contribution in [0.1, 0.15) is 71.1 Å². The molecule has 0 aliphatic carbocycles. The fourth-order valence-electron chi connectivity index (χ4n) is 2.02. The van der Waals surface area contributed by atoms with Crippen molar-refractivity contribution in [1.82, 2.24) is 0 Å². The number of nitrogens with zero attached hydrogens (tertiary/aromatic N) is 1. The van der Waals surface area contributed by atoms with E-state index in [1.807, 2.05) is 0 Å². The lowest BCUT2D eigenvalue weighted by Gasteiger charge is -2.29. The molecule has 112 valence electrons. The Morgan fingerprint density at radius 1 is 0.778 bits per heavy atom. The lowest BCUT2D eigenvalue weighted by molar-refractivity contribution is -0.919. The van der Waals surface area contributed by atoms with Gasteiger partial charge in [0.25, 0.3) is 0 Å². The van der Waals surface area contributed by atoms with E-state index in [2.05, 4.69) is 28.1 Å². The van der Waals surface area contributed by atoms with Gasteiger partial charge in [0.2, 0.25) is 0 Å². The third kappa shape index (κ3) is 12.8. The van der Waals surface area contributed by atoms with Gasteiger partial charge in [-0.2, -0.15) is 0 Å². The second-order valence-corrected chi connectivity index (χ2v) is 6.21. The molecule has 0 rings (SSSR count). The van der Waals surface area contributed by atoms with E-state index in [1.165, 1.54) is 57.8 Å². The Morgan fingerprint density at radius 2 is 1.17 bits per heavy atom. The molecule has 0 saturated carbocycles. The van der Waals surface area contributed by atoms with Gasteiger partial charge in [-0.25, -0.2) is 0 Å². The van der Waals surface area contributed by atoms with E-state index in [4.69, 9.17) is 0 Å². The van der Waals surface area contributed by atoms with Gasteiger partial charge in [-0.1, -0.05) is 58.3 Å². The summed E-state index contributed by atoms with van der Waals surface area (Å²) in [4.78, 5) is 0. The van der Waals surface area contributed by atoms with Crippen LogP contribution >= 0.6 is 0 Å². The predicted octanol–water partition coefficient (Wildman–Crippen LogP) is 0.936. The minimum Gasteiger partial charge on any atom is -1.00 e. The number of aliphatic hydroxyl groups is 1. The van der Waals surface area contributed by atoms with E-state index >= 15 is 0 Å². The summed E-state index contributed by atoms with van der Waals surface area (Å²) >= 11 is 0. The number of aliphatic hydroxyl groups excluding tert-OH is 1. The van der Waals surface area contributed by atoms with Crippen molar-refractivity contribution in [3.8, 4) is 0 Å². The van der Waals surface area contributed by atoms with Crippen LogP contribution in [0.4, 0.5) is 0 Å². The van der Waals surface area contributed by atoms with Crippen LogP contribution in [0.5, 0.6) is 0 Å². The van der Waals surface area contributed by atoms with Gasteiger partial charge in [0.05, 0.1) is 21.1 Å². The van der Waals surface area contributed by atoms with Crippen molar-refractivity contribution in [2.75, 3.05) is 21.1 Å². The topological polar surface area (TPSA) is 20.2 Å². The first-order chi connectivity index (χ1) is 7.98. The summed E-state index contributed by atoms with van der Waals surface area (Å²) in [5.41, 5.74) is 0. The van der Waals surface area contributed by atoms with Gasteiger partial charge in [0.1, 0.15) is 0 Å². The maximum atomic E-state index is 9.86. The van der Waals surface area contributed by atoms with Crippen LogP contribution < -0.4 is 17.0 Å². The molecule has 0 aromatic rings. The van der Waals surface area contributed by atoms with Crippen molar-refractivity contribution >= 4 is 0 Å². The molecule has 1 unspecified atom stereocenters. The monoisotopic (exact) mass is 323 g/mol. The number of rotatable bonds is 11. The lowest BCUT2D eigenvalue weighted by atomic mass is 10.1. The van der Waals surface area contributed by atoms with Crippen LogP contribution in [0.25, 0.3) is 0 Å². The first-order valence-electron chi connectivity index (χ1n) is 7.47. The Labute approximate surface area is 125 Å². The zero-order valence-electron chi connectivity index (χ0n) is 12.9. The molecular weight excluding hydrogens is 290 g/mol. The summed E-state index contributed by atoms with van der Waals surface area (Å²) in [6, 6.07) is 0. The molecule has 0 heterocycles. The molecule has 2 nitrogen and oxygen atoms in total. The molecule has 1 N–H and O–H groups in total. The van der Waals surface area contributed by atoms with Gasteiger partial charge in [0.15, 0.2) is 6.23 Å². The smallest absolute Gasteiger partial charge is 0.189 e. The zero-order valence-corrected chi connectivity index (χ0v) is 14.5. The molecule has 0 saturated heterocycles. The quantitative estimate of drug-likeness (QED) is 0.341. The highest BCUT2D eigenvalue weighted by atomic mass is 79.9. The van der Waals surface area contributed by atoms with E-state index in [9.17, 15) is 5.11 Å². The highest BCUT2D eigenvalue weighted by Crippen LogP contribution is 2.13. The highest BCUT2D eigenvalue weighted by molar-refractivity contribution is 4.49. The first-order valence-corrected chi connectivity index (χ1v) is 7.47. The number of hydrogen-bond donors (Lipinski definition) is 1. The van der Waals surface area contributed by atoms with Crippen LogP contribution in [0.2, 0.25) is 0 Å². The zero-order chi connectivity index (χ0) is 13.1. The Bertz CT molecular complexity index is 168. The Balaban J connectivity index is 0. The van der Waals surface area contributed by atoms with Gasteiger partial charge in [-0.05, 0) is 6.42 Å². The van der Waals surface area contributed by atoms with Crippen LogP contribution in [-0.2, 0) is 0 Å². The lowest BCUT2D eigenvalue weighted by Crippen LogP contribution is -3.00. The van der Waals surface area contributed by atoms with Crippen molar-refractivity contribution in [2.24, 2.45) is 0 Å². The molecule has 0 bridgehead atoms. The van der Waals surface area contributed by atoms with Crippen LogP contribution in [-0.4, -0.2) is 37.0 Å². The SMILES string of the molecule is CCCCCCCCCCCC(O)[N+](C)(C)C.[Br-]. The molecule has 0 aromatic carbocycles. The second kappa shape index (κ2) is 12.4. The fraction of sp³-hybridized carbons (Fsp3) is 1.00. The van der Waals surface area contributed by atoms with Gasteiger partial charge < -0.3 is 26.6 Å². The number of unbranched alkanes of at least 4 members (excludes halogenated alkanes) is 8. The Kier molecular flexibility index (Phi) is 14.3. The van der Waals surface area contributed by atoms with E-state index in [0.29, 0.717) is 4.48 Å². The van der Waals surface area contributed by atoms with Gasteiger partial charge in [0, 0.05) is 6.42 Å². The second-order valence-electron chi connectivity index (χ2n) is 6.21. The third-order valence-electron chi connectivity index (χ3n) is 3.46. The molecule has 0 radical (unpaired) electrons. The minimum atomic E-state index is -0.195. The molecule has 0 aromatic heterocycles. The Morgan fingerprint density at radius 3 is 1.56 bits per heavy atom. The summed E-state index contributed by atoms with van der Waals surface area (Å²) in [5.74, 6) is 0. The number of quaternary nitrogens is 1. The van der Waals surface area contributed by atoms with Crippen molar-refractivity contribution in [2.45, 2.75) is 77.4 Å². The normalized spacial score (nSPS) is 13.2. The predicted molar refractivity (Wildman–Crippen MR) is 75.9 cm³/mol. The summed E-state index contributed by atoms with van der Waals surface area (Å²) in [6.07, 6.45) is 12.9. The summed E-state index contributed by atoms with van der Waals surface area (Å²) < 4.78 is 0.664. The van der Waals surface area contributed by atoms with Crippen molar-refractivity contribution in [3.05, 3.63) is 0 Å². The molecule has 3 heteroatoms. The van der Waals surface area contributed by atoms with E-state index in [-0.39, 0.29) is 23.2 Å². The third-order valence-corrected chi connectivity index (χ3v) is 3.46. The molecule has 0 fully saturated rings. The van der Waals surface area contributed by atoms with E-state index in [1.54, 1.807) is 0 Å². The maximum absolute atomic E-state index is 9.86. The fourth-order valence-corrected chi connectivity index (χ4v) is 2.02. The molecule has 0 spiro atoms.